The van der Waals surface area contributed by atoms with Gasteiger partial charge in [-0.2, -0.15) is 0 Å². The van der Waals surface area contributed by atoms with Gasteiger partial charge in [0.05, 0.1) is 6.10 Å². The van der Waals surface area contributed by atoms with Crippen molar-refractivity contribution in [1.29, 1.82) is 0 Å². The summed E-state index contributed by atoms with van der Waals surface area (Å²) >= 11 is 5.93. The normalized spacial score (nSPS) is 24.8. The second-order valence-corrected chi connectivity index (χ2v) is 5.38. The summed E-state index contributed by atoms with van der Waals surface area (Å²) in [6.07, 6.45) is 4.24. The van der Waals surface area contributed by atoms with Crippen LogP contribution in [0.15, 0.2) is 24.3 Å². The minimum absolute atomic E-state index is 0.0817. The van der Waals surface area contributed by atoms with Crippen molar-refractivity contribution >= 4 is 11.6 Å². The number of aliphatic hydroxyl groups is 1. The Bertz CT molecular complexity index is 356. The molecular weight excluding hydrogens is 234 g/mol. The van der Waals surface area contributed by atoms with Gasteiger partial charge in [-0.25, -0.2) is 0 Å². The Morgan fingerprint density at radius 2 is 2.24 bits per heavy atom. The zero-order valence-electron chi connectivity index (χ0n) is 10.0. The molecule has 0 heterocycles. The third-order valence-corrected chi connectivity index (χ3v) is 3.64. The number of halogens is 1. The highest BCUT2D eigenvalue weighted by atomic mass is 35.5. The minimum atomic E-state index is -0.0817. The van der Waals surface area contributed by atoms with E-state index in [9.17, 15) is 5.11 Å². The van der Waals surface area contributed by atoms with Crippen LogP contribution in [0.25, 0.3) is 0 Å². The van der Waals surface area contributed by atoms with Crippen LogP contribution in [0.3, 0.4) is 0 Å². The van der Waals surface area contributed by atoms with E-state index in [-0.39, 0.29) is 6.10 Å². The number of hydrogen-bond donors (Lipinski definition) is 2. The third-order valence-electron chi connectivity index (χ3n) is 3.41. The number of rotatable bonds is 4. The van der Waals surface area contributed by atoms with Gasteiger partial charge < -0.3 is 10.4 Å². The first-order valence-corrected chi connectivity index (χ1v) is 6.75. The van der Waals surface area contributed by atoms with E-state index in [1.165, 1.54) is 12.0 Å². The SMILES string of the molecule is OC1CCCC(CNCc2cccc(Cl)c2)C1. The highest BCUT2D eigenvalue weighted by molar-refractivity contribution is 6.30. The van der Waals surface area contributed by atoms with Crippen molar-refractivity contribution in [2.75, 3.05) is 6.54 Å². The molecular formula is C14H20ClNO. The molecule has 1 aromatic carbocycles. The first kappa shape index (κ1) is 12.9. The Morgan fingerprint density at radius 3 is 3.00 bits per heavy atom. The predicted molar refractivity (Wildman–Crippen MR) is 71.1 cm³/mol. The molecule has 2 unspecified atom stereocenters. The molecule has 0 aliphatic heterocycles. The van der Waals surface area contributed by atoms with Crippen molar-refractivity contribution in [2.45, 2.75) is 38.3 Å². The largest absolute Gasteiger partial charge is 0.393 e. The maximum Gasteiger partial charge on any atom is 0.0543 e. The standard InChI is InChI=1S/C14H20ClNO/c15-13-5-1-3-11(7-13)9-16-10-12-4-2-6-14(17)8-12/h1,3,5,7,12,14,16-17H,2,4,6,8-10H2. The van der Waals surface area contributed by atoms with Gasteiger partial charge in [-0.15, -0.1) is 0 Å². The Balaban J connectivity index is 1.72. The van der Waals surface area contributed by atoms with Gasteiger partial charge in [-0.3, -0.25) is 0 Å². The fourth-order valence-corrected chi connectivity index (χ4v) is 2.73. The number of nitrogens with one attached hydrogen (secondary N) is 1. The zero-order valence-corrected chi connectivity index (χ0v) is 10.8. The fourth-order valence-electron chi connectivity index (χ4n) is 2.52. The summed E-state index contributed by atoms with van der Waals surface area (Å²) < 4.78 is 0. The fraction of sp³-hybridized carbons (Fsp3) is 0.571. The van der Waals surface area contributed by atoms with E-state index in [0.29, 0.717) is 5.92 Å². The summed E-state index contributed by atoms with van der Waals surface area (Å²) in [6.45, 7) is 1.84. The molecule has 0 spiro atoms. The van der Waals surface area contributed by atoms with Crippen molar-refractivity contribution < 1.29 is 5.11 Å². The van der Waals surface area contributed by atoms with Crippen molar-refractivity contribution in [2.24, 2.45) is 5.92 Å². The molecule has 2 atom stereocenters. The Labute approximate surface area is 108 Å². The molecule has 3 heteroatoms. The highest BCUT2D eigenvalue weighted by Gasteiger charge is 2.19. The molecule has 0 aromatic heterocycles. The van der Waals surface area contributed by atoms with Gasteiger partial charge in [-0.1, -0.05) is 30.2 Å². The van der Waals surface area contributed by atoms with E-state index in [1.54, 1.807) is 0 Å². The van der Waals surface area contributed by atoms with E-state index in [2.05, 4.69) is 11.4 Å². The molecule has 2 nitrogen and oxygen atoms in total. The molecule has 94 valence electrons. The first-order chi connectivity index (χ1) is 8.24. The maximum atomic E-state index is 9.59. The van der Waals surface area contributed by atoms with E-state index < -0.39 is 0 Å². The number of benzene rings is 1. The molecule has 17 heavy (non-hydrogen) atoms. The van der Waals surface area contributed by atoms with Crippen molar-refractivity contribution in [3.63, 3.8) is 0 Å². The lowest BCUT2D eigenvalue weighted by Gasteiger charge is -2.26. The molecule has 1 aromatic rings. The molecule has 1 aliphatic carbocycles. The van der Waals surface area contributed by atoms with Gasteiger partial charge in [-0.05, 0) is 49.4 Å². The van der Waals surface area contributed by atoms with Gasteiger partial charge >= 0.3 is 0 Å². The average Bonchev–Trinajstić information content (AvgIpc) is 2.29. The molecule has 0 radical (unpaired) electrons. The van der Waals surface area contributed by atoms with Crippen molar-refractivity contribution in [3.8, 4) is 0 Å². The van der Waals surface area contributed by atoms with E-state index in [1.807, 2.05) is 18.2 Å². The molecule has 0 bridgehead atoms. The smallest absolute Gasteiger partial charge is 0.0543 e. The van der Waals surface area contributed by atoms with Crippen molar-refractivity contribution in [1.82, 2.24) is 5.32 Å². The molecule has 1 aliphatic rings. The third kappa shape index (κ3) is 4.30. The van der Waals surface area contributed by atoms with Crippen molar-refractivity contribution in [3.05, 3.63) is 34.9 Å². The van der Waals surface area contributed by atoms with E-state index >= 15 is 0 Å². The molecule has 2 rings (SSSR count). The van der Waals surface area contributed by atoms with Crippen LogP contribution in [-0.4, -0.2) is 17.8 Å². The summed E-state index contributed by atoms with van der Waals surface area (Å²) in [4.78, 5) is 0. The Hall–Kier alpha value is -0.570. The maximum absolute atomic E-state index is 9.59. The highest BCUT2D eigenvalue weighted by Crippen LogP contribution is 2.23. The van der Waals surface area contributed by atoms with Crippen LogP contribution < -0.4 is 5.32 Å². The summed E-state index contributed by atoms with van der Waals surface area (Å²) in [5.74, 6) is 0.623. The Kier molecular flexibility index (Phi) is 4.84. The lowest BCUT2D eigenvalue weighted by atomic mass is 9.87. The van der Waals surface area contributed by atoms with Crippen LogP contribution in [0.1, 0.15) is 31.2 Å². The van der Waals surface area contributed by atoms with Gasteiger partial charge in [0, 0.05) is 11.6 Å². The molecule has 0 amide bonds. The first-order valence-electron chi connectivity index (χ1n) is 6.37. The molecule has 0 saturated heterocycles. The zero-order chi connectivity index (χ0) is 12.1. The van der Waals surface area contributed by atoms with Crippen LogP contribution in [0.4, 0.5) is 0 Å². The van der Waals surface area contributed by atoms with E-state index in [4.69, 9.17) is 11.6 Å². The van der Waals surface area contributed by atoms with Crippen LogP contribution in [-0.2, 0) is 6.54 Å². The quantitative estimate of drug-likeness (QED) is 0.865. The van der Waals surface area contributed by atoms with E-state index in [0.717, 1.165) is 37.4 Å². The van der Waals surface area contributed by atoms with Gasteiger partial charge in [0.15, 0.2) is 0 Å². The second kappa shape index (κ2) is 6.39. The van der Waals surface area contributed by atoms with Crippen LogP contribution in [0.5, 0.6) is 0 Å². The van der Waals surface area contributed by atoms with Gasteiger partial charge in [0.1, 0.15) is 0 Å². The monoisotopic (exact) mass is 253 g/mol. The molecule has 1 saturated carbocycles. The number of hydrogen-bond acceptors (Lipinski definition) is 2. The van der Waals surface area contributed by atoms with Crippen LogP contribution in [0, 0.1) is 5.92 Å². The Morgan fingerprint density at radius 1 is 1.35 bits per heavy atom. The summed E-state index contributed by atoms with van der Waals surface area (Å²) in [7, 11) is 0. The minimum Gasteiger partial charge on any atom is -0.393 e. The topological polar surface area (TPSA) is 32.3 Å². The summed E-state index contributed by atoms with van der Waals surface area (Å²) in [5.41, 5.74) is 1.22. The van der Waals surface area contributed by atoms with Crippen LogP contribution >= 0.6 is 11.6 Å². The average molecular weight is 254 g/mol. The van der Waals surface area contributed by atoms with Crippen LogP contribution in [0.2, 0.25) is 5.02 Å². The second-order valence-electron chi connectivity index (χ2n) is 4.95. The number of aliphatic hydroxyl groups excluding tert-OH is 1. The predicted octanol–water partition coefficient (Wildman–Crippen LogP) is 2.98. The van der Waals surface area contributed by atoms with Gasteiger partial charge in [0.25, 0.3) is 0 Å². The summed E-state index contributed by atoms with van der Waals surface area (Å²) in [5, 5.41) is 13.8. The molecule has 1 fully saturated rings. The summed E-state index contributed by atoms with van der Waals surface area (Å²) in [6, 6.07) is 7.94. The lowest BCUT2D eigenvalue weighted by molar-refractivity contribution is 0.101. The lowest BCUT2D eigenvalue weighted by Crippen LogP contribution is -2.28. The van der Waals surface area contributed by atoms with Gasteiger partial charge in [0.2, 0.25) is 0 Å². The molecule has 2 N–H and O–H groups in total.